The van der Waals surface area contributed by atoms with Crippen molar-refractivity contribution in [1.82, 2.24) is 19.9 Å². The van der Waals surface area contributed by atoms with Gasteiger partial charge < -0.3 is 30.6 Å². The van der Waals surface area contributed by atoms with Crippen molar-refractivity contribution in [3.05, 3.63) is 144 Å². The predicted molar refractivity (Wildman–Crippen MR) is 221 cm³/mol. The lowest BCUT2D eigenvalue weighted by atomic mass is 9.98. The van der Waals surface area contributed by atoms with Crippen LogP contribution in [0.25, 0.3) is 22.3 Å². The maximum absolute atomic E-state index is 12.4. The van der Waals surface area contributed by atoms with Gasteiger partial charge in [0.05, 0.1) is 18.2 Å². The van der Waals surface area contributed by atoms with Crippen LogP contribution in [0.1, 0.15) is 76.3 Å². The van der Waals surface area contributed by atoms with Crippen LogP contribution in [-0.2, 0) is 35.4 Å². The van der Waals surface area contributed by atoms with E-state index in [0.717, 1.165) is 76.5 Å². The molecule has 0 bridgehead atoms. The van der Waals surface area contributed by atoms with E-state index in [-0.39, 0.29) is 23.2 Å². The number of hydrogen-bond acceptors (Lipinski definition) is 7. The molecule has 0 radical (unpaired) electrons. The second-order valence-electron chi connectivity index (χ2n) is 13.7. The highest BCUT2D eigenvalue weighted by molar-refractivity contribution is 5.98. The summed E-state index contributed by atoms with van der Waals surface area (Å²) in [6, 6.07) is 26.9. The molecule has 12 heteroatoms. The Balaban J connectivity index is 0.000000168. The first-order valence-electron chi connectivity index (χ1n) is 19.2. The summed E-state index contributed by atoms with van der Waals surface area (Å²) in [6.45, 7) is 5.81. The lowest BCUT2D eigenvalue weighted by Crippen LogP contribution is -2.27. The molecular formula is C45H47N7O5. The summed E-state index contributed by atoms with van der Waals surface area (Å²) in [6.07, 6.45) is 10.6. The number of aromatic amines is 2. The number of hydrogen-bond donors (Lipinski definition) is 4. The van der Waals surface area contributed by atoms with Gasteiger partial charge in [0.15, 0.2) is 5.78 Å². The summed E-state index contributed by atoms with van der Waals surface area (Å²) < 4.78 is 0. The molecular weight excluding hydrogens is 719 g/mol. The number of aromatic carboxylic acids is 1. The van der Waals surface area contributed by atoms with Crippen molar-refractivity contribution in [2.75, 3.05) is 22.9 Å². The number of carbonyl (C=O) groups excluding carboxylic acids is 3. The van der Waals surface area contributed by atoms with Gasteiger partial charge in [-0.2, -0.15) is 0 Å². The van der Waals surface area contributed by atoms with Gasteiger partial charge in [0.1, 0.15) is 0 Å². The normalized spacial score (nSPS) is 12.5. The van der Waals surface area contributed by atoms with Crippen LogP contribution in [-0.4, -0.2) is 61.7 Å². The molecule has 5 N–H and O–H groups in total. The topological polar surface area (TPSA) is 178 Å². The molecule has 0 fully saturated rings. The summed E-state index contributed by atoms with van der Waals surface area (Å²) in [5.41, 5.74) is 16.8. The average molecular weight is 766 g/mol. The highest BCUT2D eigenvalue weighted by Crippen LogP contribution is 2.34. The van der Waals surface area contributed by atoms with E-state index in [1.165, 1.54) is 11.1 Å². The number of Topliss-reactive ketones (excluding diaryl/α,β-unsaturated/α-hetero) is 1. The fraction of sp³-hybridized carbons (Fsp3) is 0.244. The van der Waals surface area contributed by atoms with Gasteiger partial charge in [0.25, 0.3) is 0 Å². The number of rotatable bonds is 10. The lowest BCUT2D eigenvalue weighted by molar-refractivity contribution is -0.119. The first kappa shape index (κ1) is 40.0. The molecule has 57 heavy (non-hydrogen) atoms. The van der Waals surface area contributed by atoms with Crippen molar-refractivity contribution >= 4 is 34.9 Å². The number of carboxylic acids is 1. The van der Waals surface area contributed by atoms with Gasteiger partial charge in [-0.1, -0.05) is 62.4 Å². The Labute approximate surface area is 331 Å². The molecule has 0 aliphatic carbocycles. The molecule has 0 spiro atoms. The van der Waals surface area contributed by atoms with Gasteiger partial charge in [-0.25, -0.2) is 14.8 Å². The van der Waals surface area contributed by atoms with Crippen LogP contribution in [0.2, 0.25) is 0 Å². The molecule has 292 valence electrons. The molecule has 2 aliphatic heterocycles. The van der Waals surface area contributed by atoms with Crippen molar-refractivity contribution < 1.29 is 24.3 Å². The molecule has 4 heterocycles. The number of amides is 2. The van der Waals surface area contributed by atoms with E-state index in [2.05, 4.69) is 38.1 Å². The predicted octanol–water partition coefficient (Wildman–Crippen LogP) is 7.41. The van der Waals surface area contributed by atoms with E-state index in [1.54, 1.807) is 37.2 Å². The Morgan fingerprint density at radius 1 is 0.649 bits per heavy atom. The monoisotopic (exact) mass is 765 g/mol. The molecule has 12 nitrogen and oxygen atoms in total. The number of anilines is 2. The number of H-pyrrole nitrogens is 2. The van der Waals surface area contributed by atoms with Crippen LogP contribution >= 0.6 is 0 Å². The second-order valence-corrected chi connectivity index (χ2v) is 13.7. The third-order valence-corrected chi connectivity index (χ3v) is 10.1. The Hall–Kier alpha value is -6.66. The van der Waals surface area contributed by atoms with Crippen LogP contribution in [0, 0.1) is 0 Å². The van der Waals surface area contributed by atoms with Crippen molar-refractivity contribution in [3.8, 4) is 22.3 Å². The zero-order valence-electron chi connectivity index (χ0n) is 32.2. The highest BCUT2D eigenvalue weighted by Gasteiger charge is 2.25. The zero-order chi connectivity index (χ0) is 40.3. The fourth-order valence-electron chi connectivity index (χ4n) is 6.93. The van der Waals surface area contributed by atoms with Gasteiger partial charge >= 0.3 is 5.97 Å². The van der Waals surface area contributed by atoms with Gasteiger partial charge in [-0.05, 0) is 89.0 Å². The molecule has 2 amide bonds. The highest BCUT2D eigenvalue weighted by atomic mass is 16.4. The zero-order valence-corrected chi connectivity index (χ0v) is 32.2. The van der Waals surface area contributed by atoms with E-state index in [4.69, 9.17) is 10.8 Å². The molecule has 0 saturated heterocycles. The molecule has 0 atom stereocenters. The van der Waals surface area contributed by atoms with E-state index >= 15 is 0 Å². The van der Waals surface area contributed by atoms with Crippen LogP contribution in [0.5, 0.6) is 0 Å². The average Bonchev–Trinajstić information content (AvgIpc) is 4.10. The van der Waals surface area contributed by atoms with Crippen molar-refractivity contribution in [2.24, 2.45) is 5.73 Å². The Bertz CT molecular complexity index is 2300. The quantitative estimate of drug-likeness (QED) is 0.104. The number of carboxylic acid groups (broad SMARTS) is 1. The third-order valence-electron chi connectivity index (χ3n) is 10.1. The number of nitrogens with one attached hydrogen (secondary N) is 2. The van der Waals surface area contributed by atoms with Gasteiger partial charge in [0.2, 0.25) is 11.8 Å². The minimum atomic E-state index is -0.922. The number of benzene rings is 4. The summed E-state index contributed by atoms with van der Waals surface area (Å²) >= 11 is 0. The number of nitrogens with zero attached hydrogens (tertiary/aromatic N) is 4. The van der Waals surface area contributed by atoms with Crippen LogP contribution in [0.15, 0.2) is 110 Å². The summed E-state index contributed by atoms with van der Waals surface area (Å²) in [5, 5.41) is 8.94. The number of ketones is 1. The van der Waals surface area contributed by atoms with Gasteiger partial charge in [-0.15, -0.1) is 0 Å². The number of carbonyl (C=O) groups is 4. The Morgan fingerprint density at radius 2 is 1.11 bits per heavy atom. The summed E-state index contributed by atoms with van der Waals surface area (Å²) in [4.78, 5) is 64.6. The van der Waals surface area contributed by atoms with Crippen molar-refractivity contribution in [1.29, 1.82) is 0 Å². The largest absolute Gasteiger partial charge is 0.478 e. The lowest BCUT2D eigenvalue weighted by Gasteiger charge is -2.16. The Morgan fingerprint density at radius 3 is 1.51 bits per heavy atom. The molecule has 6 aromatic rings. The number of nitrogens with two attached hydrogens (primary N) is 1. The third kappa shape index (κ3) is 9.78. The molecule has 0 unspecified atom stereocenters. The number of aryl methyl sites for hydroxylation is 1. The van der Waals surface area contributed by atoms with E-state index in [9.17, 15) is 19.2 Å². The minimum absolute atomic E-state index is 0.129. The maximum Gasteiger partial charge on any atom is 0.335 e. The SMILES string of the molecule is CCC(=O)N1CCc2cc(-c3ccc(C(=O)CCc4cnc[nH]4)cc3)ccc21.CCC(=O)N1CCc2cc(-c3ccc(C(=O)O)cc3)ccc21.NCc1cnc[nH]1. The maximum atomic E-state index is 12.4. The standard InChI is InChI=1S/C23H23N3O2.C18H17NO3.C4H7N3/c1-2-23(28)26-12-11-19-13-18(7-9-21(19)26)16-3-5-17(6-4-16)22(27)10-8-20-14-24-15-25-20;1-2-17(20)19-10-9-15-11-14(7-8-16(15)19)12-3-5-13(6-4-12)18(21)22;5-1-4-2-6-3-7-4/h3-7,9,13-15H,2,8,10-12H2,1H3,(H,24,25);3-8,11H,2,9-10H2,1H3,(H,21,22);2-3H,1,5H2,(H,6,7). The van der Waals surface area contributed by atoms with Crippen molar-refractivity contribution in [2.45, 2.75) is 58.9 Å². The minimum Gasteiger partial charge on any atom is -0.478 e. The fourth-order valence-corrected chi connectivity index (χ4v) is 6.93. The van der Waals surface area contributed by atoms with E-state index in [1.807, 2.05) is 78.2 Å². The number of imidazole rings is 2. The molecule has 2 aromatic heterocycles. The van der Waals surface area contributed by atoms with E-state index < -0.39 is 5.97 Å². The number of aromatic nitrogens is 4. The second kappa shape index (κ2) is 18.8. The Kier molecular flexibility index (Phi) is 13.2. The van der Waals surface area contributed by atoms with Crippen LogP contribution in [0.4, 0.5) is 11.4 Å². The molecule has 0 saturated carbocycles. The van der Waals surface area contributed by atoms with Crippen molar-refractivity contribution in [3.63, 3.8) is 0 Å². The summed E-state index contributed by atoms with van der Waals surface area (Å²) in [5.74, 6) is -0.472. The smallest absolute Gasteiger partial charge is 0.335 e. The van der Waals surface area contributed by atoms with Crippen LogP contribution in [0.3, 0.4) is 0 Å². The van der Waals surface area contributed by atoms with Gasteiger partial charge in [-0.3, -0.25) is 14.4 Å². The van der Waals surface area contributed by atoms with E-state index in [0.29, 0.717) is 32.2 Å². The first-order chi connectivity index (χ1) is 27.7. The molecule has 2 aliphatic rings. The first-order valence-corrected chi connectivity index (χ1v) is 19.2. The molecule has 8 rings (SSSR count). The van der Waals surface area contributed by atoms with Crippen LogP contribution < -0.4 is 15.5 Å². The number of fused-ring (bicyclic) bond motifs is 2. The van der Waals surface area contributed by atoms with Gasteiger partial charge in [0, 0.05) is 79.6 Å². The summed E-state index contributed by atoms with van der Waals surface area (Å²) in [7, 11) is 0. The molecule has 4 aromatic carbocycles.